The van der Waals surface area contributed by atoms with Crippen molar-refractivity contribution in [2.24, 2.45) is 0 Å². The first-order chi connectivity index (χ1) is 13.6. The highest BCUT2D eigenvalue weighted by molar-refractivity contribution is 5.89. The Morgan fingerprint density at radius 3 is 1.36 bits per heavy atom. The molecule has 0 heterocycles. The standard InChI is InChI=1S/C20H22O8/c21-19(22)15-5-1-3-7-17(15)27-13-11-25-9-10-26-12-14-28-18-8-4-2-6-16(18)20(23)24/h1-8H,9-14H2,(H,21,22)(H,23,24)/p-2. The lowest BCUT2D eigenvalue weighted by atomic mass is 10.2. The van der Waals surface area contributed by atoms with Crippen molar-refractivity contribution in [1.29, 1.82) is 0 Å². The van der Waals surface area contributed by atoms with E-state index in [4.69, 9.17) is 18.9 Å². The molecular weight excluding hydrogens is 368 g/mol. The minimum Gasteiger partial charge on any atom is -0.545 e. The summed E-state index contributed by atoms with van der Waals surface area (Å²) < 4.78 is 21.4. The van der Waals surface area contributed by atoms with E-state index >= 15 is 0 Å². The number of carboxylic acid groups (broad SMARTS) is 2. The second-order valence-electron chi connectivity index (χ2n) is 5.49. The molecule has 2 aromatic rings. The number of hydrogen-bond donors (Lipinski definition) is 0. The Labute approximate surface area is 162 Å². The highest BCUT2D eigenvalue weighted by Crippen LogP contribution is 2.17. The monoisotopic (exact) mass is 388 g/mol. The second-order valence-corrected chi connectivity index (χ2v) is 5.49. The van der Waals surface area contributed by atoms with Crippen molar-refractivity contribution in [1.82, 2.24) is 0 Å². The summed E-state index contributed by atoms with van der Waals surface area (Å²) in [6.07, 6.45) is 0. The zero-order valence-electron chi connectivity index (χ0n) is 15.1. The van der Waals surface area contributed by atoms with E-state index in [0.717, 1.165) is 0 Å². The predicted octanol–water partition coefficient (Wildman–Crippen LogP) is -0.0954. The van der Waals surface area contributed by atoms with E-state index in [1.807, 2.05) is 0 Å². The lowest BCUT2D eigenvalue weighted by molar-refractivity contribution is -0.256. The minimum absolute atomic E-state index is 0.00825. The third-order valence-electron chi connectivity index (χ3n) is 3.56. The van der Waals surface area contributed by atoms with E-state index < -0.39 is 11.9 Å². The topological polar surface area (TPSA) is 117 Å². The van der Waals surface area contributed by atoms with Gasteiger partial charge in [0.15, 0.2) is 0 Å². The van der Waals surface area contributed by atoms with Crippen molar-refractivity contribution in [2.45, 2.75) is 0 Å². The molecule has 0 aliphatic carbocycles. The largest absolute Gasteiger partial charge is 0.545 e. The van der Waals surface area contributed by atoms with Crippen LogP contribution in [0, 0.1) is 0 Å². The molecule has 0 unspecified atom stereocenters. The van der Waals surface area contributed by atoms with Crippen LogP contribution < -0.4 is 19.7 Å². The van der Waals surface area contributed by atoms with Gasteiger partial charge in [-0.1, -0.05) is 24.3 Å². The second kappa shape index (κ2) is 11.6. The molecule has 0 bridgehead atoms. The number of carbonyl (C=O) groups excluding carboxylic acids is 2. The maximum absolute atomic E-state index is 10.9. The van der Waals surface area contributed by atoms with E-state index in [2.05, 4.69) is 0 Å². The average Bonchev–Trinajstić information content (AvgIpc) is 2.69. The van der Waals surface area contributed by atoms with Gasteiger partial charge in [0.05, 0.1) is 38.4 Å². The Balaban J connectivity index is 1.53. The average molecular weight is 388 g/mol. The third-order valence-corrected chi connectivity index (χ3v) is 3.56. The first-order valence-corrected chi connectivity index (χ1v) is 8.61. The highest BCUT2D eigenvalue weighted by Gasteiger charge is 2.04. The molecule has 0 aliphatic heterocycles. The summed E-state index contributed by atoms with van der Waals surface area (Å²) in [7, 11) is 0. The number of para-hydroxylation sites is 2. The van der Waals surface area contributed by atoms with Crippen LogP contribution in [0.1, 0.15) is 20.7 Å². The van der Waals surface area contributed by atoms with Crippen LogP contribution in [0.4, 0.5) is 0 Å². The van der Waals surface area contributed by atoms with Crippen LogP contribution in [0.2, 0.25) is 0 Å². The van der Waals surface area contributed by atoms with E-state index in [9.17, 15) is 19.8 Å². The van der Waals surface area contributed by atoms with Gasteiger partial charge in [-0.25, -0.2) is 0 Å². The Morgan fingerprint density at radius 1 is 0.607 bits per heavy atom. The van der Waals surface area contributed by atoms with Crippen molar-refractivity contribution in [2.75, 3.05) is 39.6 Å². The van der Waals surface area contributed by atoms with E-state index in [1.54, 1.807) is 36.4 Å². The van der Waals surface area contributed by atoms with Gasteiger partial charge in [0.1, 0.15) is 24.7 Å². The van der Waals surface area contributed by atoms with Crippen LogP contribution in [-0.2, 0) is 9.47 Å². The number of carbonyl (C=O) groups is 2. The van der Waals surface area contributed by atoms with Crippen LogP contribution in [0.3, 0.4) is 0 Å². The summed E-state index contributed by atoms with van der Waals surface area (Å²) >= 11 is 0. The van der Waals surface area contributed by atoms with Crippen LogP contribution in [0.25, 0.3) is 0 Å². The van der Waals surface area contributed by atoms with E-state index in [0.29, 0.717) is 13.2 Å². The molecular formula is C20H20O8-2. The predicted molar refractivity (Wildman–Crippen MR) is 94.2 cm³/mol. The van der Waals surface area contributed by atoms with Gasteiger partial charge in [0, 0.05) is 11.1 Å². The first-order valence-electron chi connectivity index (χ1n) is 8.61. The fraction of sp³-hybridized carbons (Fsp3) is 0.300. The van der Waals surface area contributed by atoms with Gasteiger partial charge in [-0.05, 0) is 24.3 Å². The number of carboxylic acids is 2. The zero-order valence-corrected chi connectivity index (χ0v) is 15.1. The smallest absolute Gasteiger partial charge is 0.128 e. The molecule has 0 amide bonds. The molecule has 0 fully saturated rings. The molecule has 0 N–H and O–H groups in total. The van der Waals surface area contributed by atoms with Gasteiger partial charge in [-0.3, -0.25) is 0 Å². The van der Waals surface area contributed by atoms with Crippen LogP contribution in [0.5, 0.6) is 11.5 Å². The summed E-state index contributed by atoms with van der Waals surface area (Å²) in [6.45, 7) is 1.55. The van der Waals surface area contributed by atoms with Gasteiger partial charge in [-0.2, -0.15) is 0 Å². The quantitative estimate of drug-likeness (QED) is 0.437. The van der Waals surface area contributed by atoms with Gasteiger partial charge in [0.2, 0.25) is 0 Å². The fourth-order valence-electron chi connectivity index (χ4n) is 2.27. The molecule has 0 saturated carbocycles. The summed E-state index contributed by atoms with van der Waals surface area (Å²) in [5, 5.41) is 21.9. The van der Waals surface area contributed by atoms with Crippen molar-refractivity contribution in [3.8, 4) is 11.5 Å². The molecule has 0 saturated heterocycles. The van der Waals surface area contributed by atoms with Crippen molar-refractivity contribution in [3.63, 3.8) is 0 Å². The van der Waals surface area contributed by atoms with Crippen LogP contribution >= 0.6 is 0 Å². The van der Waals surface area contributed by atoms with Crippen LogP contribution in [0.15, 0.2) is 48.5 Å². The van der Waals surface area contributed by atoms with E-state index in [1.165, 1.54) is 12.1 Å². The maximum atomic E-state index is 10.9. The lowest BCUT2D eigenvalue weighted by Crippen LogP contribution is -2.23. The molecule has 8 heteroatoms. The van der Waals surface area contributed by atoms with Crippen molar-refractivity contribution < 1.29 is 38.7 Å². The molecule has 0 spiro atoms. The molecule has 150 valence electrons. The van der Waals surface area contributed by atoms with Gasteiger partial charge in [-0.15, -0.1) is 0 Å². The molecule has 0 radical (unpaired) electrons. The molecule has 0 aliphatic rings. The van der Waals surface area contributed by atoms with Crippen molar-refractivity contribution in [3.05, 3.63) is 59.7 Å². The number of rotatable bonds is 13. The number of benzene rings is 2. The normalized spacial score (nSPS) is 10.4. The van der Waals surface area contributed by atoms with Crippen LogP contribution in [-0.4, -0.2) is 51.6 Å². The Morgan fingerprint density at radius 2 is 0.964 bits per heavy atom. The Hall–Kier alpha value is -3.10. The highest BCUT2D eigenvalue weighted by atomic mass is 16.6. The molecule has 0 aromatic heterocycles. The van der Waals surface area contributed by atoms with Gasteiger partial charge >= 0.3 is 0 Å². The summed E-state index contributed by atoms with van der Waals surface area (Å²) in [6, 6.07) is 12.4. The lowest BCUT2D eigenvalue weighted by Gasteiger charge is -2.13. The summed E-state index contributed by atoms with van der Waals surface area (Å²) in [4.78, 5) is 21.9. The number of aromatic carboxylic acids is 2. The molecule has 0 atom stereocenters. The Bertz CT molecular complexity index is 709. The minimum atomic E-state index is -1.30. The molecule has 28 heavy (non-hydrogen) atoms. The zero-order chi connectivity index (χ0) is 20.2. The van der Waals surface area contributed by atoms with Gasteiger partial charge in [0.25, 0.3) is 0 Å². The summed E-state index contributed by atoms with van der Waals surface area (Å²) in [5.74, 6) is -2.13. The van der Waals surface area contributed by atoms with E-state index in [-0.39, 0.29) is 49.1 Å². The molecule has 8 nitrogen and oxygen atoms in total. The Kier molecular flexibility index (Phi) is 8.77. The molecule has 2 aromatic carbocycles. The SMILES string of the molecule is O=C([O-])c1ccccc1OCCOCCOCCOc1ccccc1C(=O)[O-]. The maximum Gasteiger partial charge on any atom is 0.128 e. The first kappa shape index (κ1) is 21.2. The van der Waals surface area contributed by atoms with Gasteiger partial charge < -0.3 is 38.7 Å². The number of hydrogen-bond acceptors (Lipinski definition) is 8. The fourth-order valence-corrected chi connectivity index (χ4v) is 2.27. The summed E-state index contributed by atoms with van der Waals surface area (Å²) in [5.41, 5.74) is -0.0165. The third kappa shape index (κ3) is 6.90. The van der Waals surface area contributed by atoms with Crippen molar-refractivity contribution >= 4 is 11.9 Å². The molecule has 2 rings (SSSR count). The number of ether oxygens (including phenoxy) is 4.